The molecule has 4 nitrogen and oxygen atoms in total. The van der Waals surface area contributed by atoms with Crippen molar-refractivity contribution in [2.24, 2.45) is 16.3 Å². The molecule has 1 rings (SSSR count). The van der Waals surface area contributed by atoms with Crippen LogP contribution in [-0.2, 0) is 0 Å². The molecule has 1 atom stereocenters. The Morgan fingerprint density at radius 2 is 1.83 bits per heavy atom. The van der Waals surface area contributed by atoms with Crippen molar-refractivity contribution in [1.82, 2.24) is 10.3 Å². The minimum Gasteiger partial charge on any atom is -0.342 e. The van der Waals surface area contributed by atoms with Gasteiger partial charge in [0.05, 0.1) is 6.04 Å². The highest BCUT2D eigenvalue weighted by Gasteiger charge is 2.26. The number of nitrogens with two attached hydrogens (primary N) is 1. The Bertz CT molecular complexity index is 274. The van der Waals surface area contributed by atoms with Crippen molar-refractivity contribution in [2.45, 2.75) is 71.9 Å². The van der Waals surface area contributed by atoms with Crippen LogP contribution in [0.15, 0.2) is 4.99 Å². The van der Waals surface area contributed by atoms with Gasteiger partial charge in [0.15, 0.2) is 0 Å². The lowest BCUT2D eigenvalue weighted by molar-refractivity contribution is 0.202. The molecule has 0 bridgehead atoms. The summed E-state index contributed by atoms with van der Waals surface area (Å²) in [6.45, 7) is 8.93. The fourth-order valence-corrected chi connectivity index (χ4v) is 2.38. The molecular formula is C14H30N4. The molecule has 1 fully saturated rings. The average Bonchev–Trinajstić information content (AvgIpc) is 2.34. The Hall–Kier alpha value is -0.770. The van der Waals surface area contributed by atoms with E-state index in [4.69, 9.17) is 10.8 Å². The van der Waals surface area contributed by atoms with Gasteiger partial charge in [-0.25, -0.2) is 10.8 Å². The van der Waals surface area contributed by atoms with E-state index in [0.29, 0.717) is 12.1 Å². The smallest absolute Gasteiger partial charge is 0.208 e. The molecular weight excluding hydrogens is 224 g/mol. The van der Waals surface area contributed by atoms with Gasteiger partial charge >= 0.3 is 0 Å². The summed E-state index contributed by atoms with van der Waals surface area (Å²) in [5.74, 6) is 6.47. The summed E-state index contributed by atoms with van der Waals surface area (Å²) < 4.78 is 0. The van der Waals surface area contributed by atoms with Gasteiger partial charge in [0.2, 0.25) is 5.96 Å². The van der Waals surface area contributed by atoms with Crippen molar-refractivity contribution >= 4 is 5.96 Å². The van der Waals surface area contributed by atoms with Crippen LogP contribution in [0.1, 0.15) is 59.8 Å². The molecule has 106 valence electrons. The maximum atomic E-state index is 5.65. The third-order valence-corrected chi connectivity index (χ3v) is 4.18. The summed E-state index contributed by atoms with van der Waals surface area (Å²) >= 11 is 0. The van der Waals surface area contributed by atoms with Gasteiger partial charge in [-0.2, -0.15) is 0 Å². The number of guanidine groups is 1. The zero-order valence-electron chi connectivity index (χ0n) is 12.7. The van der Waals surface area contributed by atoms with Crippen LogP contribution in [0.5, 0.6) is 0 Å². The van der Waals surface area contributed by atoms with Crippen LogP contribution in [0.2, 0.25) is 0 Å². The Balaban J connectivity index is 2.72. The second-order valence-electron chi connectivity index (χ2n) is 6.54. The molecule has 0 spiro atoms. The maximum absolute atomic E-state index is 5.65. The molecule has 0 aromatic carbocycles. The highest BCUT2D eigenvalue weighted by atomic mass is 15.4. The Kier molecular flexibility index (Phi) is 5.45. The van der Waals surface area contributed by atoms with Crippen molar-refractivity contribution in [3.8, 4) is 0 Å². The summed E-state index contributed by atoms with van der Waals surface area (Å²) in [4.78, 5) is 6.96. The predicted octanol–water partition coefficient (Wildman–Crippen LogP) is 2.50. The van der Waals surface area contributed by atoms with Crippen LogP contribution in [0.3, 0.4) is 0 Å². The monoisotopic (exact) mass is 254 g/mol. The van der Waals surface area contributed by atoms with Gasteiger partial charge in [-0.15, -0.1) is 0 Å². The fourth-order valence-electron chi connectivity index (χ4n) is 2.38. The third kappa shape index (κ3) is 4.16. The van der Waals surface area contributed by atoms with Crippen molar-refractivity contribution in [1.29, 1.82) is 0 Å². The highest BCUT2D eigenvalue weighted by molar-refractivity contribution is 5.79. The molecule has 0 radical (unpaired) electrons. The second kappa shape index (κ2) is 6.41. The Morgan fingerprint density at radius 3 is 2.28 bits per heavy atom. The van der Waals surface area contributed by atoms with Crippen LogP contribution in [0, 0.1) is 5.41 Å². The zero-order valence-corrected chi connectivity index (χ0v) is 12.7. The molecule has 0 amide bonds. The fraction of sp³-hybridized carbons (Fsp3) is 0.929. The molecule has 1 aliphatic carbocycles. The molecule has 0 aromatic heterocycles. The van der Waals surface area contributed by atoms with Gasteiger partial charge < -0.3 is 4.90 Å². The first kappa shape index (κ1) is 15.3. The molecule has 0 heterocycles. The van der Waals surface area contributed by atoms with Crippen LogP contribution in [0.4, 0.5) is 0 Å². The summed E-state index contributed by atoms with van der Waals surface area (Å²) in [5.41, 5.74) is 2.99. The molecule has 0 aromatic rings. The van der Waals surface area contributed by atoms with Gasteiger partial charge in [0, 0.05) is 13.1 Å². The van der Waals surface area contributed by atoms with E-state index in [1.807, 2.05) is 0 Å². The minimum atomic E-state index is 0.207. The van der Waals surface area contributed by atoms with Gasteiger partial charge in [0.25, 0.3) is 0 Å². The predicted molar refractivity (Wildman–Crippen MR) is 78.3 cm³/mol. The number of hydrogen-bond donors (Lipinski definition) is 2. The minimum absolute atomic E-state index is 0.207. The van der Waals surface area contributed by atoms with E-state index in [2.05, 4.69) is 45.1 Å². The molecule has 0 saturated heterocycles. The number of hydrogen-bond acceptors (Lipinski definition) is 2. The van der Waals surface area contributed by atoms with E-state index in [1.165, 1.54) is 32.1 Å². The summed E-state index contributed by atoms with van der Waals surface area (Å²) in [5, 5.41) is 0. The number of nitrogens with zero attached hydrogens (tertiary/aromatic N) is 2. The van der Waals surface area contributed by atoms with E-state index in [-0.39, 0.29) is 5.41 Å². The zero-order chi connectivity index (χ0) is 13.8. The Labute approximate surface area is 112 Å². The van der Waals surface area contributed by atoms with Crippen molar-refractivity contribution in [3.63, 3.8) is 0 Å². The molecule has 1 unspecified atom stereocenters. The largest absolute Gasteiger partial charge is 0.342 e. The van der Waals surface area contributed by atoms with E-state index >= 15 is 0 Å². The first-order chi connectivity index (χ1) is 8.36. The molecule has 4 heteroatoms. The topological polar surface area (TPSA) is 53.6 Å². The van der Waals surface area contributed by atoms with E-state index < -0.39 is 0 Å². The van der Waals surface area contributed by atoms with Crippen molar-refractivity contribution in [3.05, 3.63) is 0 Å². The normalized spacial score (nSPS) is 20.7. The van der Waals surface area contributed by atoms with Gasteiger partial charge in [-0.3, -0.25) is 5.43 Å². The van der Waals surface area contributed by atoms with Crippen LogP contribution >= 0.6 is 0 Å². The van der Waals surface area contributed by atoms with Crippen molar-refractivity contribution in [2.75, 3.05) is 7.05 Å². The number of nitrogens with one attached hydrogen (secondary N) is 1. The lowest BCUT2D eigenvalue weighted by atomic mass is 9.87. The highest BCUT2D eigenvalue weighted by Crippen LogP contribution is 2.24. The molecule has 3 N–H and O–H groups in total. The summed E-state index contributed by atoms with van der Waals surface area (Å²) in [7, 11) is 2.07. The molecule has 1 saturated carbocycles. The lowest BCUT2D eigenvalue weighted by Crippen LogP contribution is -2.51. The Morgan fingerprint density at radius 1 is 1.28 bits per heavy atom. The third-order valence-electron chi connectivity index (χ3n) is 4.18. The first-order valence-corrected chi connectivity index (χ1v) is 7.13. The van der Waals surface area contributed by atoms with E-state index in [9.17, 15) is 0 Å². The molecule has 0 aliphatic heterocycles. The van der Waals surface area contributed by atoms with Crippen LogP contribution in [0.25, 0.3) is 0 Å². The van der Waals surface area contributed by atoms with Crippen molar-refractivity contribution < 1.29 is 0 Å². The first-order valence-electron chi connectivity index (χ1n) is 7.13. The number of rotatable bonds is 2. The van der Waals surface area contributed by atoms with Crippen LogP contribution in [-0.4, -0.2) is 30.0 Å². The number of hydrazine groups is 1. The average molecular weight is 254 g/mol. The maximum Gasteiger partial charge on any atom is 0.208 e. The second-order valence-corrected chi connectivity index (χ2v) is 6.54. The van der Waals surface area contributed by atoms with Gasteiger partial charge in [0.1, 0.15) is 0 Å². The van der Waals surface area contributed by atoms with Crippen LogP contribution < -0.4 is 11.3 Å². The number of aliphatic imine (C=N–C) groups is 1. The van der Waals surface area contributed by atoms with E-state index in [1.54, 1.807) is 0 Å². The standard InChI is InChI=1S/C14H30N4/c1-11(14(2,3)4)18(5)13(17-15)16-12-9-7-6-8-10-12/h11-12H,6-10,15H2,1-5H3,(H,16,17). The summed E-state index contributed by atoms with van der Waals surface area (Å²) in [6.07, 6.45) is 6.34. The summed E-state index contributed by atoms with van der Waals surface area (Å²) in [6, 6.07) is 0.829. The van der Waals surface area contributed by atoms with Gasteiger partial charge in [-0.1, -0.05) is 40.0 Å². The molecule has 18 heavy (non-hydrogen) atoms. The SMILES string of the molecule is CC(N(C)C(=NC1CCCCC1)NN)C(C)(C)C. The lowest BCUT2D eigenvalue weighted by Gasteiger charge is -2.37. The van der Waals surface area contributed by atoms with Gasteiger partial charge in [-0.05, 0) is 25.2 Å². The quantitative estimate of drug-likeness (QED) is 0.344. The molecule has 1 aliphatic rings. The van der Waals surface area contributed by atoms with E-state index in [0.717, 1.165) is 5.96 Å².